The molecule has 0 atom stereocenters. The zero-order valence-corrected chi connectivity index (χ0v) is 13.7. The molecule has 5 heteroatoms. The van der Waals surface area contributed by atoms with Crippen LogP contribution in [0.2, 0.25) is 10.0 Å². The molecular weight excluding hydrogens is 375 g/mol. The quantitative estimate of drug-likeness (QED) is 0.329. The lowest BCUT2D eigenvalue weighted by Gasteiger charge is -1.88. The Morgan fingerprint density at radius 2 is 1.48 bits per heavy atom. The van der Waals surface area contributed by atoms with Crippen LogP contribution >= 0.6 is 39.1 Å². The number of para-hydroxylation sites is 2. The summed E-state index contributed by atoms with van der Waals surface area (Å²) in [7, 11) is 0. The minimum atomic E-state index is 0.646. The molecule has 0 N–H and O–H groups in total. The van der Waals surface area contributed by atoms with E-state index in [2.05, 4.69) is 15.9 Å². The first-order chi connectivity index (χ1) is 10.1. The molecule has 4 rings (SSSR count). The van der Waals surface area contributed by atoms with Crippen LogP contribution < -0.4 is 0 Å². The SMILES string of the molecule is Clc1cccc2cc(Br)oc12.Clc1cccc2ccoc12. The van der Waals surface area contributed by atoms with Crippen molar-refractivity contribution >= 4 is 61.1 Å². The fraction of sp³-hybridized carbons (Fsp3) is 0. The molecule has 0 bridgehead atoms. The molecule has 0 saturated heterocycles. The molecule has 2 aromatic heterocycles. The molecule has 2 aromatic carbocycles. The molecule has 0 saturated carbocycles. The van der Waals surface area contributed by atoms with E-state index in [-0.39, 0.29) is 0 Å². The Labute approximate surface area is 139 Å². The molecule has 0 radical (unpaired) electrons. The van der Waals surface area contributed by atoms with E-state index in [1.54, 1.807) is 12.3 Å². The molecule has 0 aliphatic rings. The van der Waals surface area contributed by atoms with Crippen molar-refractivity contribution in [3.05, 3.63) is 69.5 Å². The Morgan fingerprint density at radius 1 is 0.810 bits per heavy atom. The van der Waals surface area contributed by atoms with Gasteiger partial charge in [-0.3, -0.25) is 0 Å². The van der Waals surface area contributed by atoms with Gasteiger partial charge in [-0.1, -0.05) is 47.5 Å². The maximum atomic E-state index is 5.86. The van der Waals surface area contributed by atoms with Crippen molar-refractivity contribution in [2.45, 2.75) is 0 Å². The van der Waals surface area contributed by atoms with E-state index in [4.69, 9.17) is 32.0 Å². The van der Waals surface area contributed by atoms with Crippen molar-refractivity contribution in [2.24, 2.45) is 0 Å². The second-order valence-corrected chi connectivity index (χ2v) is 5.88. The first-order valence-corrected chi connectivity index (χ1v) is 7.65. The number of furan rings is 2. The van der Waals surface area contributed by atoms with Crippen LogP contribution in [0, 0.1) is 0 Å². The number of halogens is 3. The summed E-state index contributed by atoms with van der Waals surface area (Å²) in [5.74, 6) is 0. The molecule has 0 amide bonds. The number of hydrogen-bond acceptors (Lipinski definition) is 2. The summed E-state index contributed by atoms with van der Waals surface area (Å²) in [5, 5.41) is 3.38. The topological polar surface area (TPSA) is 26.3 Å². The zero-order chi connectivity index (χ0) is 14.8. The Morgan fingerprint density at radius 3 is 2.14 bits per heavy atom. The Hall–Kier alpha value is -1.42. The number of benzene rings is 2. The maximum Gasteiger partial charge on any atom is 0.170 e. The second kappa shape index (κ2) is 6.14. The highest BCUT2D eigenvalue weighted by Crippen LogP contribution is 2.28. The van der Waals surface area contributed by atoms with Crippen molar-refractivity contribution in [1.82, 2.24) is 0 Å². The Bertz CT molecular complexity index is 895. The van der Waals surface area contributed by atoms with Gasteiger partial charge < -0.3 is 8.83 Å². The minimum Gasteiger partial charge on any atom is -0.463 e. The first kappa shape index (κ1) is 14.5. The molecule has 106 valence electrons. The number of fused-ring (bicyclic) bond motifs is 2. The monoisotopic (exact) mass is 382 g/mol. The van der Waals surface area contributed by atoms with Gasteiger partial charge in [-0.15, -0.1) is 0 Å². The first-order valence-electron chi connectivity index (χ1n) is 6.10. The van der Waals surface area contributed by atoms with Crippen LogP contribution in [0.1, 0.15) is 0 Å². The van der Waals surface area contributed by atoms with Crippen LogP contribution in [-0.2, 0) is 0 Å². The summed E-state index contributed by atoms with van der Waals surface area (Å²) in [6, 6.07) is 15.1. The number of hydrogen-bond donors (Lipinski definition) is 0. The summed E-state index contributed by atoms with van der Waals surface area (Å²) in [6.07, 6.45) is 1.64. The van der Waals surface area contributed by atoms with E-state index in [0.29, 0.717) is 14.7 Å². The van der Waals surface area contributed by atoms with Crippen LogP contribution in [-0.4, -0.2) is 0 Å². The Kier molecular flexibility index (Phi) is 4.24. The van der Waals surface area contributed by atoms with E-state index < -0.39 is 0 Å². The average molecular weight is 384 g/mol. The van der Waals surface area contributed by atoms with Gasteiger partial charge in [0.2, 0.25) is 0 Å². The predicted molar refractivity (Wildman–Crippen MR) is 90.1 cm³/mol. The summed E-state index contributed by atoms with van der Waals surface area (Å²) in [6.45, 7) is 0. The van der Waals surface area contributed by atoms with Gasteiger partial charge in [-0.05, 0) is 40.2 Å². The molecule has 21 heavy (non-hydrogen) atoms. The van der Waals surface area contributed by atoms with Crippen LogP contribution in [0.25, 0.3) is 21.9 Å². The summed E-state index contributed by atoms with van der Waals surface area (Å²) >= 11 is 14.9. The highest BCUT2D eigenvalue weighted by molar-refractivity contribution is 9.10. The van der Waals surface area contributed by atoms with Crippen molar-refractivity contribution in [2.75, 3.05) is 0 Å². The van der Waals surface area contributed by atoms with E-state index in [0.717, 1.165) is 21.9 Å². The lowest BCUT2D eigenvalue weighted by Crippen LogP contribution is -1.63. The largest absolute Gasteiger partial charge is 0.463 e. The molecule has 0 fully saturated rings. The van der Waals surface area contributed by atoms with E-state index in [1.165, 1.54) is 0 Å². The molecule has 0 spiro atoms. The third-order valence-electron chi connectivity index (χ3n) is 2.90. The van der Waals surface area contributed by atoms with Crippen LogP contribution in [0.4, 0.5) is 0 Å². The highest BCUT2D eigenvalue weighted by Gasteiger charge is 2.03. The van der Waals surface area contributed by atoms with Crippen LogP contribution in [0.3, 0.4) is 0 Å². The zero-order valence-electron chi connectivity index (χ0n) is 10.6. The highest BCUT2D eigenvalue weighted by atomic mass is 79.9. The molecule has 0 aliphatic heterocycles. The predicted octanol–water partition coefficient (Wildman–Crippen LogP) is 6.93. The van der Waals surface area contributed by atoms with E-state index >= 15 is 0 Å². The summed E-state index contributed by atoms with van der Waals surface area (Å²) < 4.78 is 11.1. The molecular formula is C16H9BrCl2O2. The average Bonchev–Trinajstić information content (AvgIpc) is 3.06. The molecule has 0 unspecified atom stereocenters. The van der Waals surface area contributed by atoms with Gasteiger partial charge in [0.1, 0.15) is 0 Å². The van der Waals surface area contributed by atoms with E-state index in [9.17, 15) is 0 Å². The van der Waals surface area contributed by atoms with Crippen molar-refractivity contribution in [1.29, 1.82) is 0 Å². The van der Waals surface area contributed by atoms with Gasteiger partial charge in [0.25, 0.3) is 0 Å². The smallest absolute Gasteiger partial charge is 0.170 e. The Balaban J connectivity index is 0.000000126. The third kappa shape index (κ3) is 3.10. The van der Waals surface area contributed by atoms with Gasteiger partial charge in [-0.25, -0.2) is 0 Å². The van der Waals surface area contributed by atoms with Gasteiger partial charge in [0, 0.05) is 10.8 Å². The number of rotatable bonds is 0. The maximum absolute atomic E-state index is 5.86. The van der Waals surface area contributed by atoms with Gasteiger partial charge in [0.15, 0.2) is 15.8 Å². The van der Waals surface area contributed by atoms with Crippen molar-refractivity contribution in [3.8, 4) is 0 Å². The summed E-state index contributed by atoms with van der Waals surface area (Å²) in [5.41, 5.74) is 1.50. The lowest BCUT2D eigenvalue weighted by molar-refractivity contribution is 0.587. The minimum absolute atomic E-state index is 0.646. The molecule has 0 aliphatic carbocycles. The molecule has 2 nitrogen and oxygen atoms in total. The molecule has 4 aromatic rings. The van der Waals surface area contributed by atoms with Crippen LogP contribution in [0.15, 0.2) is 68.3 Å². The second-order valence-electron chi connectivity index (χ2n) is 4.29. The molecule has 2 heterocycles. The third-order valence-corrected chi connectivity index (χ3v) is 3.88. The standard InChI is InChI=1S/C8H4BrClO.C8H5ClO/c9-7-4-5-2-1-3-6(10)8(5)11-7;9-7-3-1-2-6-4-5-10-8(6)7/h1-4H;1-5H. The fourth-order valence-electron chi connectivity index (χ4n) is 1.95. The van der Waals surface area contributed by atoms with Crippen molar-refractivity contribution in [3.63, 3.8) is 0 Å². The lowest BCUT2D eigenvalue weighted by atomic mass is 10.3. The van der Waals surface area contributed by atoms with E-state index in [1.807, 2.05) is 42.5 Å². The van der Waals surface area contributed by atoms with Crippen LogP contribution in [0.5, 0.6) is 0 Å². The van der Waals surface area contributed by atoms with Gasteiger partial charge in [0.05, 0.1) is 16.3 Å². The fourth-order valence-corrected chi connectivity index (χ4v) is 2.81. The normalized spacial score (nSPS) is 10.6. The van der Waals surface area contributed by atoms with Crippen molar-refractivity contribution < 1.29 is 8.83 Å². The summed E-state index contributed by atoms with van der Waals surface area (Å²) in [4.78, 5) is 0. The van der Waals surface area contributed by atoms with Gasteiger partial charge >= 0.3 is 0 Å². The van der Waals surface area contributed by atoms with Gasteiger partial charge in [-0.2, -0.15) is 0 Å².